The molecule has 1 fully saturated rings. The molecule has 1 aromatic heterocycles. The molecule has 3 aromatic rings. The maximum absolute atomic E-state index is 12.9. The second-order valence-electron chi connectivity index (χ2n) is 6.59. The minimum atomic E-state index is -0.263. The average Bonchev–Trinajstić information content (AvgIpc) is 3.21. The van der Waals surface area contributed by atoms with E-state index < -0.39 is 0 Å². The predicted molar refractivity (Wildman–Crippen MR) is 109 cm³/mol. The fourth-order valence-corrected chi connectivity index (χ4v) is 3.57. The predicted octanol–water partition coefficient (Wildman–Crippen LogP) is 5.80. The molecule has 2 amide bonds. The largest absolute Gasteiger partial charge is 0.337 e. The van der Waals surface area contributed by atoms with Crippen molar-refractivity contribution in [2.75, 3.05) is 11.9 Å². The average molecular weight is 417 g/mol. The Morgan fingerprint density at radius 1 is 1.11 bits per heavy atom. The van der Waals surface area contributed by atoms with Gasteiger partial charge in [0.1, 0.15) is 6.04 Å². The van der Waals surface area contributed by atoms with Gasteiger partial charge in [-0.1, -0.05) is 58.7 Å². The molecule has 4 rings (SSSR count). The molecule has 0 spiro atoms. The zero-order valence-corrected chi connectivity index (χ0v) is 16.5. The van der Waals surface area contributed by atoms with Crippen LogP contribution in [-0.4, -0.2) is 27.6 Å². The lowest BCUT2D eigenvalue weighted by molar-refractivity contribution is 0.142. The summed E-state index contributed by atoms with van der Waals surface area (Å²) in [6, 6.07) is 14.1. The SMILES string of the molecule is O=C(Nc1ccc(Cl)c(Cl)c1)N1CCCCC1c1nc(-c2ccccc2)no1. The quantitative estimate of drug-likeness (QED) is 0.585. The molecule has 6 nitrogen and oxygen atoms in total. The van der Waals surface area contributed by atoms with Crippen molar-refractivity contribution in [2.24, 2.45) is 0 Å². The number of halogens is 2. The third-order valence-corrected chi connectivity index (χ3v) is 5.43. The molecule has 144 valence electrons. The van der Waals surface area contributed by atoms with E-state index in [1.165, 1.54) is 0 Å². The van der Waals surface area contributed by atoms with Crippen LogP contribution < -0.4 is 5.32 Å². The van der Waals surface area contributed by atoms with E-state index in [1.54, 1.807) is 23.1 Å². The lowest BCUT2D eigenvalue weighted by Gasteiger charge is -2.33. The molecule has 2 aromatic carbocycles. The zero-order chi connectivity index (χ0) is 19.5. The van der Waals surface area contributed by atoms with Crippen LogP contribution in [0.1, 0.15) is 31.2 Å². The summed E-state index contributed by atoms with van der Waals surface area (Å²) in [6.45, 7) is 0.612. The van der Waals surface area contributed by atoms with E-state index in [1.807, 2.05) is 30.3 Å². The highest BCUT2D eigenvalue weighted by molar-refractivity contribution is 6.42. The van der Waals surface area contributed by atoms with Gasteiger partial charge in [0.2, 0.25) is 11.7 Å². The number of anilines is 1. The van der Waals surface area contributed by atoms with Crippen molar-refractivity contribution in [1.29, 1.82) is 0 Å². The minimum absolute atomic E-state index is 0.234. The number of aromatic nitrogens is 2. The second kappa shape index (κ2) is 8.20. The topological polar surface area (TPSA) is 71.3 Å². The minimum Gasteiger partial charge on any atom is -0.337 e. The number of nitrogens with one attached hydrogen (secondary N) is 1. The molecule has 28 heavy (non-hydrogen) atoms. The first-order chi connectivity index (χ1) is 13.6. The Hall–Kier alpha value is -2.57. The number of likely N-dealkylation sites (tertiary alicyclic amines) is 1. The molecule has 0 bridgehead atoms. The Morgan fingerprint density at radius 2 is 1.93 bits per heavy atom. The van der Waals surface area contributed by atoms with Crippen molar-refractivity contribution in [3.05, 3.63) is 64.5 Å². The van der Waals surface area contributed by atoms with Crippen molar-refractivity contribution in [3.63, 3.8) is 0 Å². The number of carbonyl (C=O) groups excluding carboxylic acids is 1. The van der Waals surface area contributed by atoms with Crippen LogP contribution in [-0.2, 0) is 0 Å². The number of hydrogen-bond donors (Lipinski definition) is 1. The summed E-state index contributed by atoms with van der Waals surface area (Å²) in [5.74, 6) is 0.967. The van der Waals surface area contributed by atoms with Crippen LogP contribution in [0.2, 0.25) is 10.0 Å². The van der Waals surface area contributed by atoms with Gasteiger partial charge in [-0.3, -0.25) is 0 Å². The summed E-state index contributed by atoms with van der Waals surface area (Å²) in [6.07, 6.45) is 2.68. The van der Waals surface area contributed by atoms with Crippen LogP contribution in [0.3, 0.4) is 0 Å². The van der Waals surface area contributed by atoms with Gasteiger partial charge in [-0.25, -0.2) is 4.79 Å². The normalized spacial score (nSPS) is 16.8. The first-order valence-electron chi connectivity index (χ1n) is 9.03. The van der Waals surface area contributed by atoms with Crippen molar-refractivity contribution in [1.82, 2.24) is 15.0 Å². The number of amides is 2. The van der Waals surface area contributed by atoms with E-state index in [4.69, 9.17) is 27.7 Å². The fraction of sp³-hybridized carbons (Fsp3) is 0.250. The van der Waals surface area contributed by atoms with Gasteiger partial charge in [-0.15, -0.1) is 0 Å². The van der Waals surface area contributed by atoms with Crippen LogP contribution in [0.15, 0.2) is 53.1 Å². The van der Waals surface area contributed by atoms with Crippen LogP contribution in [0.4, 0.5) is 10.5 Å². The Labute approximate surface area is 172 Å². The van der Waals surface area contributed by atoms with Crippen LogP contribution in [0, 0.1) is 0 Å². The molecule has 1 N–H and O–H groups in total. The van der Waals surface area contributed by atoms with Gasteiger partial charge in [-0.2, -0.15) is 4.98 Å². The number of carbonyl (C=O) groups is 1. The van der Waals surface area contributed by atoms with Gasteiger partial charge < -0.3 is 14.7 Å². The summed E-state index contributed by atoms with van der Waals surface area (Å²) in [5.41, 5.74) is 1.46. The number of piperidine rings is 1. The lowest BCUT2D eigenvalue weighted by atomic mass is 10.0. The molecule has 0 saturated carbocycles. The first-order valence-corrected chi connectivity index (χ1v) is 9.79. The van der Waals surface area contributed by atoms with Crippen LogP contribution >= 0.6 is 23.2 Å². The van der Waals surface area contributed by atoms with Crippen LogP contribution in [0.5, 0.6) is 0 Å². The molecule has 8 heteroatoms. The smallest absolute Gasteiger partial charge is 0.322 e. The number of urea groups is 1. The molecule has 2 heterocycles. The fourth-order valence-electron chi connectivity index (χ4n) is 3.28. The third kappa shape index (κ3) is 3.98. The Balaban J connectivity index is 1.53. The van der Waals surface area contributed by atoms with Crippen LogP contribution in [0.25, 0.3) is 11.4 Å². The van der Waals surface area contributed by atoms with E-state index >= 15 is 0 Å². The van der Waals surface area contributed by atoms with Gasteiger partial charge in [0.15, 0.2) is 0 Å². The third-order valence-electron chi connectivity index (χ3n) is 4.69. The lowest BCUT2D eigenvalue weighted by Crippen LogP contribution is -2.41. The molecular weight excluding hydrogens is 399 g/mol. The maximum atomic E-state index is 12.9. The van der Waals surface area contributed by atoms with Gasteiger partial charge in [-0.05, 0) is 37.5 Å². The van der Waals surface area contributed by atoms with Gasteiger partial charge >= 0.3 is 6.03 Å². The van der Waals surface area contributed by atoms with Crippen molar-refractivity contribution in [2.45, 2.75) is 25.3 Å². The number of hydrogen-bond acceptors (Lipinski definition) is 4. The second-order valence-corrected chi connectivity index (χ2v) is 7.40. The highest BCUT2D eigenvalue weighted by atomic mass is 35.5. The summed E-state index contributed by atoms with van der Waals surface area (Å²) in [5, 5.41) is 7.78. The molecule has 1 saturated heterocycles. The maximum Gasteiger partial charge on any atom is 0.322 e. The molecule has 0 aliphatic carbocycles. The zero-order valence-electron chi connectivity index (χ0n) is 14.9. The number of benzene rings is 2. The van der Waals surface area contributed by atoms with E-state index in [9.17, 15) is 4.79 Å². The first kappa shape index (κ1) is 18.8. The highest BCUT2D eigenvalue weighted by Crippen LogP contribution is 2.32. The molecular formula is C20H18Cl2N4O2. The summed E-state index contributed by atoms with van der Waals surface area (Å²) < 4.78 is 5.50. The Morgan fingerprint density at radius 3 is 2.71 bits per heavy atom. The monoisotopic (exact) mass is 416 g/mol. The van der Waals surface area contributed by atoms with E-state index in [2.05, 4.69) is 15.5 Å². The van der Waals surface area contributed by atoms with E-state index in [0.29, 0.717) is 34.0 Å². The van der Waals surface area contributed by atoms with Gasteiger partial charge in [0.25, 0.3) is 0 Å². The molecule has 0 radical (unpaired) electrons. The van der Waals surface area contributed by atoms with Crippen molar-refractivity contribution < 1.29 is 9.32 Å². The molecule has 1 aliphatic heterocycles. The van der Waals surface area contributed by atoms with Crippen molar-refractivity contribution >= 4 is 34.9 Å². The molecule has 1 aliphatic rings. The number of nitrogens with zero attached hydrogens (tertiary/aromatic N) is 3. The Kier molecular flexibility index (Phi) is 5.50. The molecule has 1 unspecified atom stereocenters. The van der Waals surface area contributed by atoms with Crippen molar-refractivity contribution in [3.8, 4) is 11.4 Å². The summed E-state index contributed by atoms with van der Waals surface area (Å²) >= 11 is 12.0. The summed E-state index contributed by atoms with van der Waals surface area (Å²) in [7, 11) is 0. The summed E-state index contributed by atoms with van der Waals surface area (Å²) in [4.78, 5) is 19.1. The number of rotatable bonds is 3. The Bertz CT molecular complexity index is 977. The standard InChI is InChI=1S/C20H18Cl2N4O2/c21-15-10-9-14(12-16(15)22)23-20(27)26-11-5-4-8-17(26)19-24-18(25-28-19)13-6-2-1-3-7-13/h1-3,6-7,9-10,12,17H,4-5,8,11H2,(H,23,27). The molecule has 1 atom stereocenters. The van der Waals surface area contributed by atoms with Gasteiger partial charge in [0.05, 0.1) is 10.0 Å². The van der Waals surface area contributed by atoms with Gasteiger partial charge in [0, 0.05) is 17.8 Å². The highest BCUT2D eigenvalue weighted by Gasteiger charge is 2.32. The van der Waals surface area contributed by atoms with E-state index in [-0.39, 0.29) is 12.1 Å². The van der Waals surface area contributed by atoms with E-state index in [0.717, 1.165) is 24.8 Å².